The molecule has 4 nitrogen and oxygen atoms in total. The molecule has 0 aliphatic carbocycles. The third kappa shape index (κ3) is 4.18. The Morgan fingerprint density at radius 2 is 1.61 bits per heavy atom. The Morgan fingerprint density at radius 3 is 2.39 bits per heavy atom. The molecule has 0 radical (unpaired) electrons. The maximum absolute atomic E-state index is 12.6. The van der Waals surface area contributed by atoms with Crippen molar-refractivity contribution in [3.05, 3.63) is 108 Å². The van der Waals surface area contributed by atoms with Crippen LogP contribution in [0.3, 0.4) is 0 Å². The number of aromatic nitrogens is 1. The van der Waals surface area contributed by atoms with E-state index in [1.807, 2.05) is 91.0 Å². The molecule has 1 aromatic heterocycles. The molecule has 0 unspecified atom stereocenters. The van der Waals surface area contributed by atoms with Gasteiger partial charge in [0.25, 0.3) is 5.91 Å². The van der Waals surface area contributed by atoms with Crippen LogP contribution in [0.2, 0.25) is 0 Å². The Bertz CT molecular complexity index is 1030. The largest absolute Gasteiger partial charge is 0.484 e. The maximum Gasteiger partial charge on any atom is 0.258 e. The van der Waals surface area contributed by atoms with Crippen molar-refractivity contribution >= 4 is 16.7 Å². The van der Waals surface area contributed by atoms with Crippen molar-refractivity contribution in [1.29, 1.82) is 0 Å². The minimum atomic E-state index is -0.324. The second-order valence-electron chi connectivity index (χ2n) is 6.46. The van der Waals surface area contributed by atoms with Gasteiger partial charge in [-0.3, -0.25) is 9.78 Å². The Labute approximate surface area is 163 Å². The maximum atomic E-state index is 12.6. The molecule has 1 heterocycles. The lowest BCUT2D eigenvalue weighted by molar-refractivity contribution is -0.123. The molecular weight excluding hydrogens is 348 g/mol. The molecule has 1 amide bonds. The molecule has 0 bridgehead atoms. The minimum Gasteiger partial charge on any atom is -0.484 e. The fourth-order valence-electron chi connectivity index (χ4n) is 3.13. The van der Waals surface area contributed by atoms with Gasteiger partial charge in [-0.1, -0.05) is 66.7 Å². The van der Waals surface area contributed by atoms with Gasteiger partial charge < -0.3 is 10.1 Å². The van der Waals surface area contributed by atoms with Gasteiger partial charge in [0.05, 0.1) is 11.7 Å². The summed E-state index contributed by atoms with van der Waals surface area (Å²) in [6, 6.07) is 29.0. The van der Waals surface area contributed by atoms with E-state index in [1.165, 1.54) is 0 Å². The summed E-state index contributed by atoms with van der Waals surface area (Å²) < 4.78 is 5.72. The average Bonchev–Trinajstić information content (AvgIpc) is 2.77. The van der Waals surface area contributed by atoms with Crippen molar-refractivity contribution < 1.29 is 9.53 Å². The first kappa shape index (κ1) is 17.7. The topological polar surface area (TPSA) is 51.2 Å². The number of hydrogen-bond acceptors (Lipinski definition) is 3. The fraction of sp³-hybridized carbons (Fsp3) is 0.0833. The predicted octanol–water partition coefficient (Wildman–Crippen LogP) is 4.52. The number of amides is 1. The van der Waals surface area contributed by atoms with Crippen molar-refractivity contribution in [2.24, 2.45) is 0 Å². The van der Waals surface area contributed by atoms with E-state index < -0.39 is 0 Å². The standard InChI is InChI=1S/C24H20N2O2/c27-23(17-28-21-14-13-18-8-4-5-11-20(18)16-21)26-24(19-9-2-1-3-10-19)22-12-6-7-15-25-22/h1-16,24H,17H2,(H,26,27)/t24-/m0/s1. The summed E-state index contributed by atoms with van der Waals surface area (Å²) in [6.45, 7) is -0.0610. The highest BCUT2D eigenvalue weighted by molar-refractivity contribution is 5.84. The number of hydrogen-bond donors (Lipinski definition) is 1. The van der Waals surface area contributed by atoms with Crippen LogP contribution in [0.1, 0.15) is 17.3 Å². The molecule has 4 heteroatoms. The van der Waals surface area contributed by atoms with Crippen LogP contribution >= 0.6 is 0 Å². The van der Waals surface area contributed by atoms with E-state index in [0.29, 0.717) is 5.75 Å². The quantitative estimate of drug-likeness (QED) is 0.544. The molecule has 0 spiro atoms. The van der Waals surface area contributed by atoms with Gasteiger partial charge in [-0.05, 0) is 40.6 Å². The summed E-state index contributed by atoms with van der Waals surface area (Å²) in [5.41, 5.74) is 1.76. The second kappa shape index (κ2) is 8.35. The van der Waals surface area contributed by atoms with Crippen LogP contribution in [0.5, 0.6) is 5.75 Å². The smallest absolute Gasteiger partial charge is 0.258 e. The van der Waals surface area contributed by atoms with Gasteiger partial charge in [-0.2, -0.15) is 0 Å². The molecule has 4 aromatic rings. The third-order valence-electron chi connectivity index (χ3n) is 4.51. The van der Waals surface area contributed by atoms with Crippen LogP contribution in [0.15, 0.2) is 97.2 Å². The van der Waals surface area contributed by atoms with Crippen LogP contribution < -0.4 is 10.1 Å². The van der Waals surface area contributed by atoms with E-state index in [1.54, 1.807) is 6.20 Å². The van der Waals surface area contributed by atoms with E-state index in [9.17, 15) is 4.79 Å². The zero-order chi connectivity index (χ0) is 19.2. The molecule has 0 aliphatic heterocycles. The van der Waals surface area contributed by atoms with E-state index in [2.05, 4.69) is 10.3 Å². The molecule has 0 aliphatic rings. The number of rotatable bonds is 6. The van der Waals surface area contributed by atoms with Crippen LogP contribution in [-0.2, 0) is 4.79 Å². The van der Waals surface area contributed by atoms with Crippen molar-refractivity contribution in [2.75, 3.05) is 6.61 Å². The van der Waals surface area contributed by atoms with E-state index in [0.717, 1.165) is 22.0 Å². The normalized spacial score (nSPS) is 11.7. The van der Waals surface area contributed by atoms with Crippen LogP contribution in [0.25, 0.3) is 10.8 Å². The molecule has 28 heavy (non-hydrogen) atoms. The number of nitrogens with one attached hydrogen (secondary N) is 1. The molecule has 1 atom stereocenters. The number of ether oxygens (including phenoxy) is 1. The lowest BCUT2D eigenvalue weighted by atomic mass is 10.0. The highest BCUT2D eigenvalue weighted by Crippen LogP contribution is 2.22. The summed E-state index contributed by atoms with van der Waals surface area (Å²) >= 11 is 0. The Balaban J connectivity index is 1.47. The van der Waals surface area contributed by atoms with E-state index >= 15 is 0 Å². The Morgan fingerprint density at radius 1 is 0.857 bits per heavy atom. The first-order valence-electron chi connectivity index (χ1n) is 9.16. The fourth-order valence-corrected chi connectivity index (χ4v) is 3.13. The molecular formula is C24H20N2O2. The zero-order valence-corrected chi connectivity index (χ0v) is 15.3. The van der Waals surface area contributed by atoms with Crippen molar-refractivity contribution in [1.82, 2.24) is 10.3 Å². The second-order valence-corrected chi connectivity index (χ2v) is 6.46. The molecule has 4 rings (SSSR count). The van der Waals surface area contributed by atoms with Gasteiger partial charge in [0, 0.05) is 6.20 Å². The van der Waals surface area contributed by atoms with Crippen molar-refractivity contribution in [3.63, 3.8) is 0 Å². The predicted molar refractivity (Wildman–Crippen MR) is 110 cm³/mol. The SMILES string of the molecule is O=C(COc1ccc2ccccc2c1)N[C@@H](c1ccccc1)c1ccccn1. The van der Waals surface area contributed by atoms with Gasteiger partial charge in [-0.25, -0.2) is 0 Å². The van der Waals surface area contributed by atoms with Gasteiger partial charge >= 0.3 is 0 Å². The molecule has 0 fully saturated rings. The first-order valence-corrected chi connectivity index (χ1v) is 9.16. The van der Waals surface area contributed by atoms with Crippen molar-refractivity contribution in [3.8, 4) is 5.75 Å². The number of benzene rings is 3. The highest BCUT2D eigenvalue weighted by Gasteiger charge is 2.18. The first-order chi connectivity index (χ1) is 13.8. The zero-order valence-electron chi connectivity index (χ0n) is 15.3. The average molecular weight is 368 g/mol. The Hall–Kier alpha value is -3.66. The Kier molecular flexibility index (Phi) is 5.29. The summed E-state index contributed by atoms with van der Waals surface area (Å²) in [5, 5.41) is 5.25. The lowest BCUT2D eigenvalue weighted by Crippen LogP contribution is -2.33. The number of nitrogens with zero attached hydrogens (tertiary/aromatic N) is 1. The van der Waals surface area contributed by atoms with Crippen molar-refractivity contribution in [2.45, 2.75) is 6.04 Å². The van der Waals surface area contributed by atoms with Gasteiger partial charge in [0.15, 0.2) is 6.61 Å². The third-order valence-corrected chi connectivity index (χ3v) is 4.51. The van der Waals surface area contributed by atoms with Gasteiger partial charge in [0.1, 0.15) is 5.75 Å². The van der Waals surface area contributed by atoms with Gasteiger partial charge in [-0.15, -0.1) is 0 Å². The molecule has 1 N–H and O–H groups in total. The van der Waals surface area contributed by atoms with E-state index in [4.69, 9.17) is 4.74 Å². The van der Waals surface area contributed by atoms with Crippen LogP contribution in [0, 0.1) is 0 Å². The van der Waals surface area contributed by atoms with Crippen LogP contribution in [-0.4, -0.2) is 17.5 Å². The number of fused-ring (bicyclic) bond motifs is 1. The number of carbonyl (C=O) groups is 1. The van der Waals surface area contributed by atoms with E-state index in [-0.39, 0.29) is 18.6 Å². The summed E-state index contributed by atoms with van der Waals surface area (Å²) in [6.07, 6.45) is 1.73. The molecule has 138 valence electrons. The monoisotopic (exact) mass is 368 g/mol. The lowest BCUT2D eigenvalue weighted by Gasteiger charge is -2.19. The number of carbonyl (C=O) groups excluding carboxylic acids is 1. The minimum absolute atomic E-state index is 0.0610. The molecule has 0 saturated carbocycles. The van der Waals surface area contributed by atoms with Crippen LogP contribution in [0.4, 0.5) is 0 Å². The summed E-state index contributed by atoms with van der Waals surface area (Å²) in [5.74, 6) is 0.468. The van der Waals surface area contributed by atoms with Gasteiger partial charge in [0.2, 0.25) is 0 Å². The summed E-state index contributed by atoms with van der Waals surface area (Å²) in [7, 11) is 0. The number of pyridine rings is 1. The summed E-state index contributed by atoms with van der Waals surface area (Å²) in [4.78, 5) is 17.0. The highest BCUT2D eigenvalue weighted by atomic mass is 16.5. The molecule has 3 aromatic carbocycles. The molecule has 0 saturated heterocycles.